The summed E-state index contributed by atoms with van der Waals surface area (Å²) in [6, 6.07) is 3.38. The molecule has 1 aliphatic rings. The molecular formula is C20H27N3O2S. The number of thiazole rings is 1. The van der Waals surface area contributed by atoms with Crippen molar-refractivity contribution >= 4 is 28.3 Å². The van der Waals surface area contributed by atoms with Crippen LogP contribution in [-0.4, -0.2) is 27.6 Å². The Hall–Kier alpha value is -1.95. The topological polar surface area (TPSA) is 66.3 Å². The lowest BCUT2D eigenvalue weighted by Crippen LogP contribution is -2.32. The zero-order valence-electron chi connectivity index (χ0n) is 16.2. The summed E-state index contributed by atoms with van der Waals surface area (Å²) in [5.74, 6) is -0.210. The fourth-order valence-corrected chi connectivity index (χ4v) is 4.81. The minimum absolute atomic E-state index is 0.0814. The summed E-state index contributed by atoms with van der Waals surface area (Å²) in [4.78, 5) is 24.0. The summed E-state index contributed by atoms with van der Waals surface area (Å²) in [5.41, 5.74) is 1.63. The van der Waals surface area contributed by atoms with Crippen LogP contribution in [0.1, 0.15) is 74.8 Å². The SMILES string of the molecule is CCCN(c1ccc(C(=O)O)cn1)c1nc2c(s1)C(C)(C)CCC2(C)C. The van der Waals surface area contributed by atoms with E-state index in [4.69, 9.17) is 10.1 Å². The van der Waals surface area contributed by atoms with Crippen LogP contribution < -0.4 is 4.90 Å². The van der Waals surface area contributed by atoms with Gasteiger partial charge in [-0.1, -0.05) is 34.6 Å². The summed E-state index contributed by atoms with van der Waals surface area (Å²) in [5, 5.41) is 10.1. The standard InChI is InChI=1S/C20H27N3O2S/c1-6-11-23(14-8-7-13(12-21-14)17(24)25)18-22-15-16(26-18)20(4,5)10-9-19(15,2)3/h7-8,12H,6,9-11H2,1-5H3,(H,24,25). The summed E-state index contributed by atoms with van der Waals surface area (Å²) in [7, 11) is 0. The van der Waals surface area contributed by atoms with Crippen molar-refractivity contribution in [2.75, 3.05) is 11.4 Å². The zero-order chi connectivity index (χ0) is 19.1. The lowest BCUT2D eigenvalue weighted by atomic mass is 9.69. The van der Waals surface area contributed by atoms with Crippen LogP contribution in [-0.2, 0) is 10.8 Å². The molecule has 0 saturated heterocycles. The molecule has 0 spiro atoms. The molecule has 0 bridgehead atoms. The first-order chi connectivity index (χ1) is 12.2. The van der Waals surface area contributed by atoms with Crippen molar-refractivity contribution in [2.45, 2.75) is 64.7 Å². The predicted molar refractivity (Wildman–Crippen MR) is 106 cm³/mol. The molecule has 0 saturated carbocycles. The molecular weight excluding hydrogens is 346 g/mol. The number of carbonyl (C=O) groups is 1. The Labute approximate surface area is 159 Å². The second kappa shape index (κ2) is 6.65. The van der Waals surface area contributed by atoms with Crippen molar-refractivity contribution < 1.29 is 9.90 Å². The highest BCUT2D eigenvalue weighted by Gasteiger charge is 2.41. The Bertz CT molecular complexity index is 775. The summed E-state index contributed by atoms with van der Waals surface area (Å²) in [6.07, 6.45) is 4.67. The number of nitrogens with zero attached hydrogens (tertiary/aromatic N) is 3. The van der Waals surface area contributed by atoms with Crippen LogP contribution in [0.5, 0.6) is 0 Å². The van der Waals surface area contributed by atoms with E-state index in [-0.39, 0.29) is 16.4 Å². The highest BCUT2D eigenvalue weighted by atomic mass is 32.1. The lowest BCUT2D eigenvalue weighted by Gasteiger charge is -2.37. The molecule has 0 unspecified atom stereocenters. The van der Waals surface area contributed by atoms with Gasteiger partial charge in [-0.15, -0.1) is 11.3 Å². The van der Waals surface area contributed by atoms with E-state index in [2.05, 4.69) is 44.5 Å². The van der Waals surface area contributed by atoms with Gasteiger partial charge in [0.05, 0.1) is 11.3 Å². The van der Waals surface area contributed by atoms with E-state index in [0.717, 1.165) is 36.8 Å². The summed E-state index contributed by atoms with van der Waals surface area (Å²) < 4.78 is 0. The molecule has 0 aromatic carbocycles. The number of carboxylic acids is 1. The normalized spacial score (nSPS) is 17.6. The zero-order valence-corrected chi connectivity index (χ0v) is 17.0. The van der Waals surface area contributed by atoms with E-state index in [1.54, 1.807) is 23.5 Å². The maximum absolute atomic E-state index is 11.1. The van der Waals surface area contributed by atoms with Gasteiger partial charge in [0.25, 0.3) is 0 Å². The van der Waals surface area contributed by atoms with E-state index < -0.39 is 5.97 Å². The Morgan fingerprint density at radius 2 is 1.92 bits per heavy atom. The number of fused-ring (bicyclic) bond motifs is 1. The van der Waals surface area contributed by atoms with Crippen molar-refractivity contribution in [1.82, 2.24) is 9.97 Å². The van der Waals surface area contributed by atoms with Crippen molar-refractivity contribution in [1.29, 1.82) is 0 Å². The minimum atomic E-state index is -0.959. The minimum Gasteiger partial charge on any atom is -0.478 e. The Morgan fingerprint density at radius 3 is 2.46 bits per heavy atom. The number of aromatic nitrogens is 2. The molecule has 6 heteroatoms. The van der Waals surface area contributed by atoms with Crippen LogP contribution in [0.15, 0.2) is 18.3 Å². The molecule has 0 aliphatic heterocycles. The van der Waals surface area contributed by atoms with Gasteiger partial charge in [0, 0.05) is 28.4 Å². The monoisotopic (exact) mass is 373 g/mol. The number of rotatable bonds is 5. The first-order valence-corrected chi connectivity index (χ1v) is 9.96. The van der Waals surface area contributed by atoms with Gasteiger partial charge in [0.2, 0.25) is 0 Å². The molecule has 0 radical (unpaired) electrons. The second-order valence-electron chi connectivity index (χ2n) is 8.30. The maximum atomic E-state index is 11.1. The first-order valence-electron chi connectivity index (χ1n) is 9.14. The van der Waals surface area contributed by atoms with Crippen LogP contribution in [0, 0.1) is 0 Å². The molecule has 140 valence electrons. The number of aromatic carboxylic acids is 1. The van der Waals surface area contributed by atoms with Crippen LogP contribution >= 0.6 is 11.3 Å². The van der Waals surface area contributed by atoms with Crippen LogP contribution in [0.25, 0.3) is 0 Å². The molecule has 2 heterocycles. The van der Waals surface area contributed by atoms with Gasteiger partial charge in [-0.05, 0) is 31.4 Å². The van der Waals surface area contributed by atoms with Crippen molar-refractivity contribution in [3.8, 4) is 0 Å². The quantitative estimate of drug-likeness (QED) is 0.786. The third-order valence-electron chi connectivity index (χ3n) is 5.20. The van der Waals surface area contributed by atoms with Gasteiger partial charge >= 0.3 is 5.97 Å². The van der Waals surface area contributed by atoms with E-state index >= 15 is 0 Å². The Balaban J connectivity index is 2.04. The molecule has 26 heavy (non-hydrogen) atoms. The molecule has 0 amide bonds. The number of carboxylic acid groups (broad SMARTS) is 1. The third-order valence-corrected chi connectivity index (χ3v) is 6.64. The molecule has 2 aromatic heterocycles. The molecule has 1 N–H and O–H groups in total. The Morgan fingerprint density at radius 1 is 1.23 bits per heavy atom. The number of hydrogen-bond acceptors (Lipinski definition) is 5. The highest BCUT2D eigenvalue weighted by molar-refractivity contribution is 7.16. The first kappa shape index (κ1) is 18.8. The summed E-state index contributed by atoms with van der Waals surface area (Å²) >= 11 is 1.76. The predicted octanol–water partition coefficient (Wildman–Crippen LogP) is 5.13. The van der Waals surface area contributed by atoms with Gasteiger partial charge in [-0.25, -0.2) is 14.8 Å². The third kappa shape index (κ3) is 3.34. The van der Waals surface area contributed by atoms with Crippen molar-refractivity contribution in [2.24, 2.45) is 0 Å². The fraction of sp³-hybridized carbons (Fsp3) is 0.550. The summed E-state index contributed by atoms with van der Waals surface area (Å²) in [6.45, 7) is 12.1. The van der Waals surface area contributed by atoms with Gasteiger partial charge in [0.1, 0.15) is 5.82 Å². The molecule has 5 nitrogen and oxygen atoms in total. The number of pyridine rings is 1. The van der Waals surface area contributed by atoms with Crippen LogP contribution in [0.3, 0.4) is 0 Å². The largest absolute Gasteiger partial charge is 0.478 e. The average Bonchev–Trinajstić information content (AvgIpc) is 3.05. The van der Waals surface area contributed by atoms with E-state index in [1.165, 1.54) is 16.8 Å². The molecule has 1 aliphatic carbocycles. The molecule has 2 aromatic rings. The van der Waals surface area contributed by atoms with Crippen LogP contribution in [0.2, 0.25) is 0 Å². The van der Waals surface area contributed by atoms with E-state index in [9.17, 15) is 4.79 Å². The van der Waals surface area contributed by atoms with Gasteiger partial charge in [-0.3, -0.25) is 0 Å². The molecule has 3 rings (SSSR count). The number of anilines is 2. The molecule has 0 fully saturated rings. The smallest absolute Gasteiger partial charge is 0.337 e. The molecule has 0 atom stereocenters. The second-order valence-corrected chi connectivity index (χ2v) is 9.28. The lowest BCUT2D eigenvalue weighted by molar-refractivity contribution is 0.0696. The van der Waals surface area contributed by atoms with Gasteiger partial charge in [-0.2, -0.15) is 0 Å². The number of hydrogen-bond donors (Lipinski definition) is 1. The van der Waals surface area contributed by atoms with Crippen molar-refractivity contribution in [3.05, 3.63) is 34.5 Å². The van der Waals surface area contributed by atoms with Crippen molar-refractivity contribution in [3.63, 3.8) is 0 Å². The average molecular weight is 374 g/mol. The van der Waals surface area contributed by atoms with Gasteiger partial charge in [0.15, 0.2) is 5.13 Å². The maximum Gasteiger partial charge on any atom is 0.337 e. The Kier molecular flexibility index (Phi) is 4.82. The van der Waals surface area contributed by atoms with Crippen LogP contribution in [0.4, 0.5) is 10.9 Å². The fourth-order valence-electron chi connectivity index (χ4n) is 3.40. The van der Waals surface area contributed by atoms with E-state index in [1.807, 2.05) is 0 Å². The highest BCUT2D eigenvalue weighted by Crippen LogP contribution is 2.50. The van der Waals surface area contributed by atoms with Gasteiger partial charge < -0.3 is 10.0 Å². The van der Waals surface area contributed by atoms with E-state index in [0.29, 0.717) is 0 Å².